The van der Waals surface area contributed by atoms with Crippen LogP contribution in [0.1, 0.15) is 90.9 Å². The molecule has 0 radical (unpaired) electrons. The summed E-state index contributed by atoms with van der Waals surface area (Å²) in [5.74, 6) is 5.69. The van der Waals surface area contributed by atoms with Crippen LogP contribution in [-0.2, 0) is 4.79 Å². The van der Waals surface area contributed by atoms with E-state index in [9.17, 15) is 0 Å². The molecule has 3 nitrogen and oxygen atoms in total. The van der Waals surface area contributed by atoms with Crippen LogP contribution in [-0.4, -0.2) is 22.8 Å². The van der Waals surface area contributed by atoms with Crippen LogP contribution >= 0.6 is 0 Å². The summed E-state index contributed by atoms with van der Waals surface area (Å²) in [6.07, 6.45) is 14.8. The maximum Gasteiger partial charge on any atom is 0.300 e. The summed E-state index contributed by atoms with van der Waals surface area (Å²) in [6.45, 7) is 3.68. The zero-order valence-electron chi connectivity index (χ0n) is 14.0. The van der Waals surface area contributed by atoms with Gasteiger partial charge in [-0.2, -0.15) is 0 Å². The summed E-state index contributed by atoms with van der Waals surface area (Å²) in [6, 6.07) is 0. The molecule has 21 heavy (non-hydrogen) atoms. The average Bonchev–Trinajstić information content (AvgIpc) is 2.43. The Hall–Kier alpha value is -1.01. The molecule has 0 aliphatic heterocycles. The molecule has 0 aromatic carbocycles. The van der Waals surface area contributed by atoms with Crippen LogP contribution in [0, 0.1) is 11.8 Å². The van der Waals surface area contributed by atoms with E-state index < -0.39 is 5.97 Å². The summed E-state index contributed by atoms with van der Waals surface area (Å²) in [4.78, 5) is 9.00. The first kappa shape index (κ1) is 22.3. The maximum atomic E-state index is 9.00. The highest BCUT2D eigenvalue weighted by molar-refractivity contribution is 5.62. The van der Waals surface area contributed by atoms with Gasteiger partial charge < -0.3 is 10.2 Å². The predicted molar refractivity (Wildman–Crippen MR) is 89.2 cm³/mol. The third kappa shape index (κ3) is 32.5. The SMILES string of the molecule is CC(=O)O.CCCCCCCCC#CCCCCCCO. The highest BCUT2D eigenvalue weighted by Crippen LogP contribution is 2.06. The lowest BCUT2D eigenvalue weighted by Crippen LogP contribution is -1.82. The van der Waals surface area contributed by atoms with E-state index in [1.807, 2.05) is 0 Å². The summed E-state index contributed by atoms with van der Waals surface area (Å²) >= 11 is 0. The molecule has 124 valence electrons. The van der Waals surface area contributed by atoms with Crippen molar-refractivity contribution in [3.05, 3.63) is 0 Å². The molecule has 0 aromatic rings. The van der Waals surface area contributed by atoms with E-state index in [1.165, 1.54) is 51.4 Å². The lowest BCUT2D eigenvalue weighted by molar-refractivity contribution is -0.134. The zero-order valence-corrected chi connectivity index (χ0v) is 14.0. The van der Waals surface area contributed by atoms with Crippen molar-refractivity contribution < 1.29 is 15.0 Å². The van der Waals surface area contributed by atoms with Gasteiger partial charge in [-0.1, -0.05) is 51.9 Å². The van der Waals surface area contributed by atoms with Gasteiger partial charge in [0.25, 0.3) is 5.97 Å². The average molecular weight is 298 g/mol. The second-order valence-electron chi connectivity index (χ2n) is 5.28. The van der Waals surface area contributed by atoms with Gasteiger partial charge in [0.2, 0.25) is 0 Å². The van der Waals surface area contributed by atoms with Crippen molar-refractivity contribution in [2.45, 2.75) is 90.9 Å². The van der Waals surface area contributed by atoms with Gasteiger partial charge in [0.1, 0.15) is 0 Å². The van der Waals surface area contributed by atoms with Gasteiger partial charge in [-0.05, 0) is 19.3 Å². The third-order valence-corrected chi connectivity index (χ3v) is 2.99. The minimum atomic E-state index is -0.833. The molecule has 0 unspecified atom stereocenters. The maximum absolute atomic E-state index is 9.00. The number of carboxylic acid groups (broad SMARTS) is 1. The van der Waals surface area contributed by atoms with Gasteiger partial charge in [-0.3, -0.25) is 4.79 Å². The Morgan fingerprint density at radius 3 is 1.62 bits per heavy atom. The molecule has 0 aliphatic carbocycles. The van der Waals surface area contributed by atoms with Crippen molar-refractivity contribution in [2.75, 3.05) is 6.61 Å². The molecule has 0 aliphatic rings. The van der Waals surface area contributed by atoms with Crippen LogP contribution in [0.2, 0.25) is 0 Å². The van der Waals surface area contributed by atoms with Gasteiger partial charge in [0, 0.05) is 26.4 Å². The molecule has 3 heteroatoms. The van der Waals surface area contributed by atoms with E-state index in [2.05, 4.69) is 18.8 Å². The van der Waals surface area contributed by atoms with Crippen molar-refractivity contribution in [1.82, 2.24) is 0 Å². The number of hydrogen-bond acceptors (Lipinski definition) is 2. The summed E-state index contributed by atoms with van der Waals surface area (Å²) in [5.41, 5.74) is 0. The number of aliphatic hydroxyl groups is 1. The fraction of sp³-hybridized carbons (Fsp3) is 0.833. The van der Waals surface area contributed by atoms with E-state index in [-0.39, 0.29) is 0 Å². The van der Waals surface area contributed by atoms with Crippen LogP contribution in [0.5, 0.6) is 0 Å². The highest BCUT2D eigenvalue weighted by Gasteiger charge is 1.88. The molecule has 0 aromatic heterocycles. The number of aliphatic hydroxyl groups excluding tert-OH is 1. The Morgan fingerprint density at radius 2 is 1.19 bits per heavy atom. The van der Waals surface area contributed by atoms with Crippen LogP contribution in [0.15, 0.2) is 0 Å². The number of carboxylic acids is 1. The molecule has 0 bridgehead atoms. The normalized spacial score (nSPS) is 9.29. The minimum Gasteiger partial charge on any atom is -0.481 e. The van der Waals surface area contributed by atoms with Crippen molar-refractivity contribution in [3.63, 3.8) is 0 Å². The number of unbranched alkanes of at least 4 members (excludes halogenated alkanes) is 10. The standard InChI is InChI=1S/C16H30O.C2H4O2/c1-2-3-4-5-6-7-8-9-10-11-12-13-14-15-16-17;1-2(3)4/h17H,2-8,11-16H2,1H3;1H3,(H,3,4). The Morgan fingerprint density at radius 1 is 0.810 bits per heavy atom. The fourth-order valence-corrected chi connectivity index (χ4v) is 1.85. The van der Waals surface area contributed by atoms with Gasteiger partial charge >= 0.3 is 0 Å². The first-order valence-corrected chi connectivity index (χ1v) is 8.41. The molecule has 0 saturated heterocycles. The van der Waals surface area contributed by atoms with Gasteiger partial charge in [0.15, 0.2) is 0 Å². The largest absolute Gasteiger partial charge is 0.481 e. The van der Waals surface area contributed by atoms with Gasteiger partial charge in [0.05, 0.1) is 0 Å². The molecule has 0 fully saturated rings. The Balaban J connectivity index is 0. The van der Waals surface area contributed by atoms with E-state index in [0.717, 1.165) is 32.6 Å². The van der Waals surface area contributed by atoms with Crippen molar-refractivity contribution in [3.8, 4) is 11.8 Å². The first-order valence-electron chi connectivity index (χ1n) is 8.41. The van der Waals surface area contributed by atoms with E-state index in [0.29, 0.717) is 6.61 Å². The van der Waals surface area contributed by atoms with Crippen molar-refractivity contribution in [2.24, 2.45) is 0 Å². The van der Waals surface area contributed by atoms with Crippen LogP contribution in [0.25, 0.3) is 0 Å². The second-order valence-corrected chi connectivity index (χ2v) is 5.28. The summed E-state index contributed by atoms with van der Waals surface area (Å²) in [5, 5.41) is 16.0. The third-order valence-electron chi connectivity index (χ3n) is 2.99. The van der Waals surface area contributed by atoms with Crippen molar-refractivity contribution in [1.29, 1.82) is 0 Å². The van der Waals surface area contributed by atoms with Crippen LogP contribution in [0.3, 0.4) is 0 Å². The molecule has 0 spiro atoms. The topological polar surface area (TPSA) is 57.5 Å². The number of carbonyl (C=O) groups is 1. The molecule has 2 N–H and O–H groups in total. The minimum absolute atomic E-state index is 0.337. The van der Waals surface area contributed by atoms with E-state index >= 15 is 0 Å². The predicted octanol–water partition coefficient (Wildman–Crippen LogP) is 4.77. The molecular formula is C18H34O3. The Kier molecular flexibility index (Phi) is 22.6. The summed E-state index contributed by atoms with van der Waals surface area (Å²) < 4.78 is 0. The number of aliphatic carboxylic acids is 1. The van der Waals surface area contributed by atoms with E-state index in [4.69, 9.17) is 15.0 Å². The number of rotatable bonds is 11. The Bertz CT molecular complexity index is 259. The second kappa shape index (κ2) is 21.3. The molecule has 0 atom stereocenters. The highest BCUT2D eigenvalue weighted by atomic mass is 16.4. The summed E-state index contributed by atoms with van der Waals surface area (Å²) in [7, 11) is 0. The smallest absolute Gasteiger partial charge is 0.300 e. The molecule has 0 heterocycles. The van der Waals surface area contributed by atoms with Gasteiger partial charge in [-0.15, -0.1) is 11.8 Å². The zero-order chi connectivity index (χ0) is 16.2. The molecule has 0 rings (SSSR count). The first-order chi connectivity index (χ1) is 10.1. The van der Waals surface area contributed by atoms with Crippen LogP contribution < -0.4 is 0 Å². The lowest BCUT2D eigenvalue weighted by Gasteiger charge is -1.96. The molecule has 0 saturated carbocycles. The molecular weight excluding hydrogens is 264 g/mol. The quantitative estimate of drug-likeness (QED) is 0.426. The van der Waals surface area contributed by atoms with Gasteiger partial charge in [-0.25, -0.2) is 0 Å². The lowest BCUT2D eigenvalue weighted by atomic mass is 10.1. The molecule has 0 amide bonds. The Labute approximate surface area is 131 Å². The monoisotopic (exact) mass is 298 g/mol. The fourth-order valence-electron chi connectivity index (χ4n) is 1.85. The van der Waals surface area contributed by atoms with Crippen LogP contribution in [0.4, 0.5) is 0 Å². The van der Waals surface area contributed by atoms with Crippen molar-refractivity contribution >= 4 is 5.97 Å². The van der Waals surface area contributed by atoms with E-state index in [1.54, 1.807) is 0 Å². The number of hydrogen-bond donors (Lipinski definition) is 2.